The third-order valence-corrected chi connectivity index (χ3v) is 3.29. The smallest absolute Gasteiger partial charge is 0.416 e. The molecule has 0 aromatic heterocycles. The van der Waals surface area contributed by atoms with Gasteiger partial charge in [-0.25, -0.2) is 0 Å². The van der Waals surface area contributed by atoms with Crippen molar-refractivity contribution in [2.75, 3.05) is 13.1 Å². The van der Waals surface area contributed by atoms with Crippen molar-refractivity contribution in [3.8, 4) is 0 Å². The van der Waals surface area contributed by atoms with E-state index in [1.54, 1.807) is 4.90 Å². The maximum atomic E-state index is 12.5. The van der Waals surface area contributed by atoms with Gasteiger partial charge in [-0.3, -0.25) is 9.69 Å². The fourth-order valence-electron chi connectivity index (χ4n) is 2.36. The number of nitrogens with zero attached hydrogens (tertiary/aromatic N) is 1. The minimum atomic E-state index is -4.40. The highest BCUT2D eigenvalue weighted by molar-refractivity contribution is 5.75. The Hall–Kier alpha value is -1.56. The van der Waals surface area contributed by atoms with Crippen molar-refractivity contribution in [3.05, 3.63) is 35.4 Å². The number of rotatable bonds is 3. The van der Waals surface area contributed by atoms with Gasteiger partial charge in [-0.15, -0.1) is 0 Å². The highest BCUT2D eigenvalue weighted by atomic mass is 19.4. The molecule has 1 saturated heterocycles. The average Bonchev–Trinajstić information content (AvgIpc) is 2.82. The number of benzene rings is 1. The van der Waals surface area contributed by atoms with Gasteiger partial charge in [0.1, 0.15) is 6.04 Å². The molecular weight excluding hydrogens is 259 g/mol. The summed E-state index contributed by atoms with van der Waals surface area (Å²) < 4.78 is 37.4. The van der Waals surface area contributed by atoms with Gasteiger partial charge < -0.3 is 5.11 Å². The molecule has 1 aromatic carbocycles. The summed E-state index contributed by atoms with van der Waals surface area (Å²) in [4.78, 5) is 13.1. The predicted octanol–water partition coefficient (Wildman–Crippen LogP) is 2.93. The third-order valence-electron chi connectivity index (χ3n) is 3.29. The van der Waals surface area contributed by atoms with Gasteiger partial charge in [0.25, 0.3) is 0 Å². The maximum Gasteiger partial charge on any atom is 0.416 e. The monoisotopic (exact) mass is 273 g/mol. The van der Waals surface area contributed by atoms with Crippen LogP contribution in [0, 0.1) is 0 Å². The van der Waals surface area contributed by atoms with E-state index in [0.29, 0.717) is 18.7 Å². The molecule has 1 aliphatic rings. The van der Waals surface area contributed by atoms with Crippen LogP contribution in [-0.2, 0) is 11.0 Å². The molecule has 1 atom stereocenters. The number of alkyl halides is 3. The fraction of sp³-hybridized carbons (Fsp3) is 0.462. The molecule has 3 nitrogen and oxygen atoms in total. The van der Waals surface area contributed by atoms with Gasteiger partial charge in [0.05, 0.1) is 5.56 Å². The van der Waals surface area contributed by atoms with E-state index >= 15 is 0 Å². The second kappa shape index (κ2) is 5.21. The van der Waals surface area contributed by atoms with Gasteiger partial charge >= 0.3 is 12.1 Å². The van der Waals surface area contributed by atoms with Crippen LogP contribution in [0.3, 0.4) is 0 Å². The Kier molecular flexibility index (Phi) is 3.80. The quantitative estimate of drug-likeness (QED) is 0.920. The number of likely N-dealkylation sites (tertiary alicyclic amines) is 1. The molecule has 0 radical (unpaired) electrons. The van der Waals surface area contributed by atoms with Crippen LogP contribution in [0.4, 0.5) is 13.2 Å². The second-order valence-corrected chi connectivity index (χ2v) is 4.60. The van der Waals surface area contributed by atoms with Crippen LogP contribution in [0.15, 0.2) is 24.3 Å². The SMILES string of the molecule is O=C(O)[C@H](c1ccc(C(F)(F)F)cc1)N1CCCC1. The zero-order valence-corrected chi connectivity index (χ0v) is 10.2. The van der Waals surface area contributed by atoms with E-state index in [9.17, 15) is 23.1 Å². The number of carbonyl (C=O) groups is 1. The summed E-state index contributed by atoms with van der Waals surface area (Å²) >= 11 is 0. The van der Waals surface area contributed by atoms with Gasteiger partial charge in [0.15, 0.2) is 0 Å². The molecule has 0 aliphatic carbocycles. The number of carboxylic acids is 1. The van der Waals surface area contributed by atoms with Gasteiger partial charge in [0, 0.05) is 0 Å². The van der Waals surface area contributed by atoms with E-state index in [0.717, 1.165) is 25.0 Å². The lowest BCUT2D eigenvalue weighted by atomic mass is 10.0. The Balaban J connectivity index is 2.25. The van der Waals surface area contributed by atoms with Gasteiger partial charge in [-0.05, 0) is 43.6 Å². The van der Waals surface area contributed by atoms with Crippen molar-refractivity contribution in [3.63, 3.8) is 0 Å². The van der Waals surface area contributed by atoms with Crippen molar-refractivity contribution in [2.24, 2.45) is 0 Å². The molecule has 1 aliphatic heterocycles. The van der Waals surface area contributed by atoms with E-state index in [-0.39, 0.29) is 0 Å². The molecule has 0 amide bonds. The van der Waals surface area contributed by atoms with Crippen LogP contribution < -0.4 is 0 Å². The van der Waals surface area contributed by atoms with E-state index < -0.39 is 23.8 Å². The lowest BCUT2D eigenvalue weighted by molar-refractivity contribution is -0.143. The zero-order chi connectivity index (χ0) is 14.0. The van der Waals surface area contributed by atoms with Crippen molar-refractivity contribution >= 4 is 5.97 Å². The van der Waals surface area contributed by atoms with Crippen molar-refractivity contribution in [1.82, 2.24) is 4.90 Å². The fourth-order valence-corrected chi connectivity index (χ4v) is 2.36. The lowest BCUT2D eigenvalue weighted by Crippen LogP contribution is -2.31. The molecular formula is C13H14F3NO2. The van der Waals surface area contributed by atoms with Crippen molar-refractivity contribution in [2.45, 2.75) is 25.1 Å². The lowest BCUT2D eigenvalue weighted by Gasteiger charge is -2.24. The molecule has 19 heavy (non-hydrogen) atoms. The minimum Gasteiger partial charge on any atom is -0.480 e. The summed E-state index contributed by atoms with van der Waals surface area (Å²) in [6, 6.07) is 3.51. The molecule has 1 N–H and O–H groups in total. The zero-order valence-electron chi connectivity index (χ0n) is 10.2. The number of hydrogen-bond donors (Lipinski definition) is 1. The molecule has 0 bridgehead atoms. The van der Waals surface area contributed by atoms with E-state index in [1.165, 1.54) is 12.1 Å². The van der Waals surface area contributed by atoms with Gasteiger partial charge in [-0.1, -0.05) is 12.1 Å². The Morgan fingerprint density at radius 2 is 1.68 bits per heavy atom. The van der Waals surface area contributed by atoms with Gasteiger partial charge in [-0.2, -0.15) is 13.2 Å². The Labute approximate surface area is 108 Å². The Bertz CT molecular complexity index is 450. The van der Waals surface area contributed by atoms with Crippen LogP contribution in [0.25, 0.3) is 0 Å². The van der Waals surface area contributed by atoms with Crippen LogP contribution in [0.1, 0.15) is 30.0 Å². The number of hydrogen-bond acceptors (Lipinski definition) is 2. The van der Waals surface area contributed by atoms with Crippen LogP contribution in [-0.4, -0.2) is 29.1 Å². The van der Waals surface area contributed by atoms with Gasteiger partial charge in [0.2, 0.25) is 0 Å². The Morgan fingerprint density at radius 3 is 2.11 bits per heavy atom. The molecule has 2 rings (SSSR count). The molecule has 6 heteroatoms. The van der Waals surface area contributed by atoms with E-state index in [4.69, 9.17) is 0 Å². The molecule has 0 saturated carbocycles. The predicted molar refractivity (Wildman–Crippen MR) is 62.6 cm³/mol. The minimum absolute atomic E-state index is 0.391. The van der Waals surface area contributed by atoms with Crippen molar-refractivity contribution in [1.29, 1.82) is 0 Å². The molecule has 1 fully saturated rings. The first-order valence-electron chi connectivity index (χ1n) is 6.03. The summed E-state index contributed by atoms with van der Waals surface area (Å²) in [7, 11) is 0. The molecule has 1 heterocycles. The number of halogens is 3. The number of aliphatic carboxylic acids is 1. The third kappa shape index (κ3) is 3.07. The Morgan fingerprint density at radius 1 is 1.16 bits per heavy atom. The van der Waals surface area contributed by atoms with Crippen molar-refractivity contribution < 1.29 is 23.1 Å². The molecule has 104 valence electrons. The highest BCUT2D eigenvalue weighted by Gasteiger charge is 2.32. The first-order valence-corrected chi connectivity index (χ1v) is 6.03. The topological polar surface area (TPSA) is 40.5 Å². The number of carboxylic acid groups (broad SMARTS) is 1. The summed E-state index contributed by atoms with van der Waals surface area (Å²) in [5, 5.41) is 9.25. The van der Waals surface area contributed by atoms with Crippen LogP contribution in [0.5, 0.6) is 0 Å². The summed E-state index contributed by atoms with van der Waals surface area (Å²) in [5.41, 5.74) is -0.371. The maximum absolute atomic E-state index is 12.5. The largest absolute Gasteiger partial charge is 0.480 e. The van der Waals surface area contributed by atoms with E-state index in [1.807, 2.05) is 0 Å². The first kappa shape index (κ1) is 13.9. The summed E-state index contributed by atoms with van der Waals surface area (Å²) in [5.74, 6) is -1.03. The molecule has 1 aromatic rings. The highest BCUT2D eigenvalue weighted by Crippen LogP contribution is 2.31. The molecule has 0 spiro atoms. The first-order chi connectivity index (χ1) is 8.89. The normalized spacial score (nSPS) is 18.5. The second-order valence-electron chi connectivity index (χ2n) is 4.60. The average molecular weight is 273 g/mol. The summed E-state index contributed by atoms with van der Waals surface area (Å²) in [6.07, 6.45) is -2.56. The van der Waals surface area contributed by atoms with Crippen LogP contribution in [0.2, 0.25) is 0 Å². The standard InChI is InChI=1S/C13H14F3NO2/c14-13(15,16)10-5-3-9(4-6-10)11(12(18)19)17-7-1-2-8-17/h3-6,11H,1-2,7-8H2,(H,18,19)/t11-/m0/s1. The summed E-state index contributed by atoms with van der Waals surface area (Å²) in [6.45, 7) is 1.33. The van der Waals surface area contributed by atoms with E-state index in [2.05, 4.69) is 0 Å². The molecule has 0 unspecified atom stereocenters. The van der Waals surface area contributed by atoms with Crippen LogP contribution >= 0.6 is 0 Å².